The molecule has 1 N–H and O–H groups in total. The van der Waals surface area contributed by atoms with Crippen LogP contribution in [0.3, 0.4) is 0 Å². The number of hydrogen-bond acceptors (Lipinski definition) is 4. The maximum absolute atomic E-state index is 13.8. The molecule has 2 aliphatic rings. The largest absolute Gasteiger partial charge is 0.353 e. The number of nitrogens with zero attached hydrogens (tertiary/aromatic N) is 4. The van der Waals surface area contributed by atoms with E-state index in [-0.39, 0.29) is 4.68 Å². The second-order valence-corrected chi connectivity index (χ2v) is 8.10. The van der Waals surface area contributed by atoms with Crippen molar-refractivity contribution in [2.75, 3.05) is 5.32 Å². The highest BCUT2D eigenvalue weighted by molar-refractivity contribution is 7.75. The fourth-order valence-electron chi connectivity index (χ4n) is 3.67. The van der Waals surface area contributed by atoms with Crippen molar-refractivity contribution >= 4 is 22.3 Å². The molecule has 0 saturated heterocycles. The average molecular weight is 413 g/mol. The van der Waals surface area contributed by atoms with Crippen molar-refractivity contribution in [2.45, 2.75) is 56.5 Å². The van der Waals surface area contributed by atoms with Crippen molar-refractivity contribution in [2.24, 2.45) is 4.36 Å². The number of fused-ring (bicyclic) bond motifs is 2. The van der Waals surface area contributed by atoms with Crippen LogP contribution < -0.4 is 5.32 Å². The summed E-state index contributed by atoms with van der Waals surface area (Å²) in [6, 6.07) is -4.39. The second kappa shape index (κ2) is 6.87. The van der Waals surface area contributed by atoms with Gasteiger partial charge in [-0.15, -0.1) is 4.36 Å². The van der Waals surface area contributed by atoms with E-state index >= 15 is 0 Å². The summed E-state index contributed by atoms with van der Waals surface area (Å²) in [4.78, 5) is 17.0. The maximum atomic E-state index is 13.8. The van der Waals surface area contributed by atoms with E-state index in [1.807, 2.05) is 0 Å². The summed E-state index contributed by atoms with van der Waals surface area (Å²) >= 11 is 0. The SMILES string of the molecule is CC(F)(F)n1cc(F)c(/[SH](=O)=N/C(=O)Nc2c3c(nc4c2CCC4)CCC3)n1. The van der Waals surface area contributed by atoms with Gasteiger partial charge in [0.1, 0.15) is 0 Å². The molecule has 1 unspecified atom stereocenters. The van der Waals surface area contributed by atoms with Crippen LogP contribution in [0.2, 0.25) is 0 Å². The number of aromatic nitrogens is 3. The Morgan fingerprint density at radius 2 is 1.82 bits per heavy atom. The lowest BCUT2D eigenvalue weighted by Crippen LogP contribution is -2.19. The minimum Gasteiger partial charge on any atom is -0.305 e. The Labute approximate surface area is 160 Å². The Hall–Kier alpha value is -2.43. The van der Waals surface area contributed by atoms with E-state index in [1.54, 1.807) is 0 Å². The van der Waals surface area contributed by atoms with Crippen molar-refractivity contribution in [3.8, 4) is 0 Å². The van der Waals surface area contributed by atoms with E-state index in [2.05, 4.69) is 19.8 Å². The number of anilines is 1. The summed E-state index contributed by atoms with van der Waals surface area (Å²) in [5.41, 5.74) is 4.48. The molecular weight excluding hydrogens is 395 g/mol. The third-order valence-corrected chi connectivity index (χ3v) is 5.93. The Bertz CT molecular complexity index is 1020. The molecule has 0 aliphatic heterocycles. The zero-order valence-corrected chi connectivity index (χ0v) is 15.9. The first kappa shape index (κ1) is 18.9. The number of carbonyl (C=O) groups excluding carboxylic acids is 1. The second-order valence-electron chi connectivity index (χ2n) is 6.93. The Morgan fingerprint density at radius 1 is 1.21 bits per heavy atom. The molecule has 2 aromatic heterocycles. The van der Waals surface area contributed by atoms with Crippen LogP contribution in [0.5, 0.6) is 0 Å². The smallest absolute Gasteiger partial charge is 0.305 e. The van der Waals surface area contributed by atoms with E-state index in [1.165, 1.54) is 0 Å². The number of aryl methyl sites for hydroxylation is 2. The van der Waals surface area contributed by atoms with Crippen molar-refractivity contribution in [1.82, 2.24) is 14.8 Å². The van der Waals surface area contributed by atoms with Gasteiger partial charge in [-0.3, -0.25) is 4.98 Å². The maximum Gasteiger partial charge on any atom is 0.353 e. The molecule has 0 spiro atoms. The minimum absolute atomic E-state index is 0.0565. The number of alkyl halides is 2. The number of pyridine rings is 1. The predicted octanol–water partition coefficient (Wildman–Crippen LogP) is 3.22. The molecule has 2 amide bonds. The number of rotatable bonds is 3. The van der Waals surface area contributed by atoms with Gasteiger partial charge in [-0.2, -0.15) is 13.9 Å². The summed E-state index contributed by atoms with van der Waals surface area (Å²) < 4.78 is 56.0. The van der Waals surface area contributed by atoms with Gasteiger partial charge in [0.25, 0.3) is 0 Å². The number of nitrogens with one attached hydrogen (secondary N) is 1. The standard InChI is InChI=1S/C17H18F3N5O2S/c1-17(19,20)25-8-11(18)15(23-25)28(27)24-16(26)22-14-9-4-2-6-12(9)21-13-7-3-5-10(13)14/h8,28H,2-7H2,1H3,(H,21,22,26). The van der Waals surface area contributed by atoms with E-state index < -0.39 is 33.5 Å². The third kappa shape index (κ3) is 3.38. The van der Waals surface area contributed by atoms with Crippen LogP contribution in [-0.2, 0) is 42.3 Å². The quantitative estimate of drug-likeness (QED) is 0.757. The number of thiol groups is 1. The summed E-state index contributed by atoms with van der Waals surface area (Å²) in [5, 5.41) is 5.17. The molecule has 0 aromatic carbocycles. The zero-order chi connectivity index (χ0) is 20.1. The van der Waals surface area contributed by atoms with Crippen LogP contribution >= 0.6 is 0 Å². The molecule has 2 aliphatic carbocycles. The molecule has 0 bridgehead atoms. The molecule has 7 nitrogen and oxygen atoms in total. The van der Waals surface area contributed by atoms with Gasteiger partial charge in [0.2, 0.25) is 0 Å². The Kier molecular flexibility index (Phi) is 4.64. The van der Waals surface area contributed by atoms with Gasteiger partial charge >= 0.3 is 12.1 Å². The van der Waals surface area contributed by atoms with Crippen LogP contribution in [-0.4, -0.2) is 25.0 Å². The van der Waals surface area contributed by atoms with E-state index in [9.17, 15) is 22.2 Å². The Morgan fingerprint density at radius 3 is 2.36 bits per heavy atom. The highest BCUT2D eigenvalue weighted by Gasteiger charge is 2.28. The topological polar surface area (TPSA) is 89.2 Å². The minimum atomic E-state index is -3.46. The summed E-state index contributed by atoms with van der Waals surface area (Å²) in [7, 11) is -2.96. The number of carbonyl (C=O) groups is 1. The highest BCUT2D eigenvalue weighted by atomic mass is 32.2. The van der Waals surface area contributed by atoms with Crippen LogP contribution in [0, 0.1) is 5.82 Å². The van der Waals surface area contributed by atoms with E-state index in [0.717, 1.165) is 61.0 Å². The molecule has 11 heteroatoms. The zero-order valence-electron chi connectivity index (χ0n) is 15.0. The first-order valence-electron chi connectivity index (χ1n) is 8.91. The van der Waals surface area contributed by atoms with Crippen molar-refractivity contribution in [1.29, 1.82) is 0 Å². The van der Waals surface area contributed by atoms with Crippen LogP contribution in [0.4, 0.5) is 23.7 Å². The van der Waals surface area contributed by atoms with Gasteiger partial charge in [-0.25, -0.2) is 18.1 Å². The van der Waals surface area contributed by atoms with Crippen molar-refractivity contribution in [3.05, 3.63) is 34.5 Å². The number of hydrogen-bond donors (Lipinski definition) is 2. The van der Waals surface area contributed by atoms with Crippen molar-refractivity contribution in [3.63, 3.8) is 0 Å². The van der Waals surface area contributed by atoms with Gasteiger partial charge in [-0.1, -0.05) is 0 Å². The molecule has 2 heterocycles. The predicted molar refractivity (Wildman–Crippen MR) is 95.6 cm³/mol. The fraction of sp³-hybridized carbons (Fsp3) is 0.471. The number of amides is 2. The lowest BCUT2D eigenvalue weighted by molar-refractivity contribution is -0.0733. The molecule has 150 valence electrons. The molecule has 2 aromatic rings. The summed E-state index contributed by atoms with van der Waals surface area (Å²) in [6.07, 6.45) is 5.54. The molecule has 0 radical (unpaired) electrons. The fourth-order valence-corrected chi connectivity index (χ4v) is 4.40. The van der Waals surface area contributed by atoms with Gasteiger partial charge in [0.15, 0.2) is 10.8 Å². The third-order valence-electron chi connectivity index (χ3n) is 4.90. The first-order valence-corrected chi connectivity index (χ1v) is 10.1. The molecule has 1 atom stereocenters. The summed E-state index contributed by atoms with van der Waals surface area (Å²) in [6.45, 7) is 0.519. The molecule has 0 fully saturated rings. The Balaban J connectivity index is 1.62. The van der Waals surface area contributed by atoms with Crippen molar-refractivity contribution < 1.29 is 22.2 Å². The van der Waals surface area contributed by atoms with Crippen LogP contribution in [0.15, 0.2) is 15.6 Å². The van der Waals surface area contributed by atoms with Gasteiger partial charge in [0, 0.05) is 18.3 Å². The highest BCUT2D eigenvalue weighted by Crippen LogP contribution is 2.36. The lowest BCUT2D eigenvalue weighted by Gasteiger charge is -2.13. The van der Waals surface area contributed by atoms with Crippen LogP contribution in [0.25, 0.3) is 0 Å². The van der Waals surface area contributed by atoms with E-state index in [0.29, 0.717) is 18.8 Å². The molecule has 28 heavy (non-hydrogen) atoms. The summed E-state index contributed by atoms with van der Waals surface area (Å²) in [5.74, 6) is -1.20. The number of halogens is 3. The van der Waals surface area contributed by atoms with Crippen LogP contribution in [0.1, 0.15) is 42.3 Å². The van der Waals surface area contributed by atoms with Gasteiger partial charge < -0.3 is 5.32 Å². The molecule has 4 rings (SSSR count). The average Bonchev–Trinajstić information content (AvgIpc) is 3.32. The first-order chi connectivity index (χ1) is 13.2. The number of urea groups is 1. The van der Waals surface area contributed by atoms with E-state index in [4.69, 9.17) is 0 Å². The van der Waals surface area contributed by atoms with Gasteiger partial charge in [-0.05, 0) is 49.7 Å². The molecular formula is C17H18F3N5O2S. The normalized spacial score (nSPS) is 16.9. The monoisotopic (exact) mass is 413 g/mol. The molecule has 0 saturated carbocycles. The lowest BCUT2D eigenvalue weighted by atomic mass is 10.1. The van der Waals surface area contributed by atoms with Gasteiger partial charge in [0.05, 0.1) is 22.5 Å².